The number of hydrogen-bond donors (Lipinski definition) is 0. The summed E-state index contributed by atoms with van der Waals surface area (Å²) in [4.78, 5) is 22.7. The number of ether oxygens (including phenoxy) is 2. The van der Waals surface area contributed by atoms with Crippen LogP contribution < -0.4 is 4.74 Å². The van der Waals surface area contributed by atoms with Crippen LogP contribution in [0.3, 0.4) is 0 Å². The van der Waals surface area contributed by atoms with Crippen molar-refractivity contribution in [1.29, 1.82) is 0 Å². The van der Waals surface area contributed by atoms with Gasteiger partial charge in [-0.1, -0.05) is 24.3 Å². The Labute approximate surface area is 169 Å². The van der Waals surface area contributed by atoms with Crippen LogP contribution in [0.4, 0.5) is 0 Å². The van der Waals surface area contributed by atoms with E-state index < -0.39 is 5.79 Å². The first-order chi connectivity index (χ1) is 14.2. The van der Waals surface area contributed by atoms with Crippen molar-refractivity contribution in [2.75, 3.05) is 13.1 Å². The monoisotopic (exact) mass is 387 g/mol. The molecule has 2 aliphatic rings. The van der Waals surface area contributed by atoms with Gasteiger partial charge in [-0.2, -0.15) is 0 Å². The molecule has 29 heavy (non-hydrogen) atoms. The maximum absolute atomic E-state index is 12.7. The molecule has 0 N–H and O–H groups in total. The molecule has 0 bridgehead atoms. The summed E-state index contributed by atoms with van der Waals surface area (Å²) in [6, 6.07) is 15.5. The van der Waals surface area contributed by atoms with E-state index in [9.17, 15) is 4.79 Å². The average molecular weight is 387 g/mol. The number of rotatable bonds is 2. The summed E-state index contributed by atoms with van der Waals surface area (Å²) >= 11 is 0. The predicted octanol–water partition coefficient (Wildman–Crippen LogP) is 3.69. The third kappa shape index (κ3) is 3.47. The Morgan fingerprint density at radius 1 is 0.966 bits per heavy atom. The fraction of sp³-hybridized carbons (Fsp3) is 0.261. The van der Waals surface area contributed by atoms with Gasteiger partial charge in [0.2, 0.25) is 5.79 Å². The maximum atomic E-state index is 12.7. The van der Waals surface area contributed by atoms with Gasteiger partial charge >= 0.3 is 0 Å². The Bertz CT molecular complexity index is 1020. The van der Waals surface area contributed by atoms with Gasteiger partial charge in [0, 0.05) is 55.0 Å². The normalized spacial score (nSPS) is 17.4. The quantitative estimate of drug-likeness (QED) is 0.671. The third-order valence-corrected chi connectivity index (χ3v) is 5.57. The molecule has 146 valence electrons. The second-order valence-electron chi connectivity index (χ2n) is 7.41. The van der Waals surface area contributed by atoms with Crippen LogP contribution in [0.1, 0.15) is 28.8 Å². The highest BCUT2D eigenvalue weighted by molar-refractivity contribution is 5.94. The number of hydrogen-bond acceptors (Lipinski definition) is 5. The fourth-order valence-corrected chi connectivity index (χ4v) is 3.92. The van der Waals surface area contributed by atoms with Crippen LogP contribution in [0.5, 0.6) is 5.75 Å². The van der Waals surface area contributed by atoms with Crippen LogP contribution in [0.2, 0.25) is 0 Å². The van der Waals surface area contributed by atoms with E-state index in [1.807, 2.05) is 47.4 Å². The lowest BCUT2D eigenvalue weighted by molar-refractivity contribution is -0.225. The number of fused-ring (bicyclic) bond motifs is 1. The van der Waals surface area contributed by atoms with E-state index in [-0.39, 0.29) is 5.91 Å². The molecule has 1 saturated heterocycles. The summed E-state index contributed by atoms with van der Waals surface area (Å²) in [6.07, 6.45) is 6.41. The minimum atomic E-state index is -0.655. The summed E-state index contributed by atoms with van der Waals surface area (Å²) in [5.74, 6) is 0.253. The van der Waals surface area contributed by atoms with Crippen molar-refractivity contribution in [3.05, 3.63) is 78.4 Å². The lowest BCUT2D eigenvalue weighted by Crippen LogP contribution is -2.52. The van der Waals surface area contributed by atoms with Crippen molar-refractivity contribution in [2.45, 2.75) is 25.2 Å². The van der Waals surface area contributed by atoms with Gasteiger partial charge in [0.25, 0.3) is 5.91 Å². The van der Waals surface area contributed by atoms with Crippen molar-refractivity contribution in [2.24, 2.45) is 0 Å². The van der Waals surface area contributed by atoms with E-state index in [0.717, 1.165) is 28.0 Å². The van der Waals surface area contributed by atoms with Crippen molar-refractivity contribution in [1.82, 2.24) is 14.9 Å². The highest BCUT2D eigenvalue weighted by Crippen LogP contribution is 2.39. The average Bonchev–Trinajstić information content (AvgIpc) is 2.80. The second kappa shape index (κ2) is 7.29. The van der Waals surface area contributed by atoms with E-state index in [2.05, 4.69) is 16.0 Å². The summed E-state index contributed by atoms with van der Waals surface area (Å²) in [5, 5.41) is 0. The van der Waals surface area contributed by atoms with E-state index in [4.69, 9.17) is 9.47 Å². The summed E-state index contributed by atoms with van der Waals surface area (Å²) in [6.45, 7) is 1.72. The van der Waals surface area contributed by atoms with Crippen LogP contribution in [0, 0.1) is 0 Å². The number of nitrogens with zero attached hydrogens (tertiary/aromatic N) is 3. The van der Waals surface area contributed by atoms with Gasteiger partial charge < -0.3 is 14.4 Å². The van der Waals surface area contributed by atoms with Crippen LogP contribution >= 0.6 is 0 Å². The Balaban J connectivity index is 1.28. The zero-order chi connectivity index (χ0) is 19.7. The predicted molar refractivity (Wildman–Crippen MR) is 107 cm³/mol. The number of amides is 1. The molecule has 5 rings (SSSR count). The van der Waals surface area contributed by atoms with E-state index in [1.165, 1.54) is 6.33 Å². The Hall–Kier alpha value is -3.25. The molecule has 6 nitrogen and oxygen atoms in total. The topological polar surface area (TPSA) is 64.6 Å². The van der Waals surface area contributed by atoms with Gasteiger partial charge in [-0.15, -0.1) is 0 Å². The van der Waals surface area contributed by atoms with Crippen LogP contribution in [-0.2, 0) is 11.3 Å². The van der Waals surface area contributed by atoms with Gasteiger partial charge in [-0.3, -0.25) is 4.79 Å². The fourth-order valence-electron chi connectivity index (χ4n) is 3.92. The standard InChI is InChI=1S/C23H21N3O3/c27-22(17-4-2-1-3-5-17)26-10-8-23(9-11-26)28-15-19-12-18(6-7-21(19)29-23)20-13-24-16-25-14-20/h1-7,12-14,16H,8-11,15H2. The van der Waals surface area contributed by atoms with Crippen LogP contribution in [-0.4, -0.2) is 39.7 Å². The molecule has 0 atom stereocenters. The van der Waals surface area contributed by atoms with Gasteiger partial charge in [0.1, 0.15) is 12.1 Å². The van der Waals surface area contributed by atoms with Gasteiger partial charge in [-0.05, 0) is 29.8 Å². The Morgan fingerprint density at radius 2 is 1.72 bits per heavy atom. The molecule has 1 fully saturated rings. The van der Waals surface area contributed by atoms with Crippen molar-refractivity contribution in [3.63, 3.8) is 0 Å². The van der Waals surface area contributed by atoms with Crippen molar-refractivity contribution >= 4 is 5.91 Å². The first-order valence-corrected chi connectivity index (χ1v) is 9.78. The Morgan fingerprint density at radius 3 is 2.48 bits per heavy atom. The summed E-state index contributed by atoms with van der Waals surface area (Å²) in [5.41, 5.74) is 3.73. The minimum absolute atomic E-state index is 0.0615. The number of benzene rings is 2. The molecule has 0 radical (unpaired) electrons. The molecule has 1 amide bonds. The molecule has 0 saturated carbocycles. The molecule has 3 aromatic rings. The van der Waals surface area contributed by atoms with E-state index in [1.54, 1.807) is 12.4 Å². The largest absolute Gasteiger partial charge is 0.462 e. The number of carbonyl (C=O) groups excluding carboxylic acids is 1. The highest BCUT2D eigenvalue weighted by Gasteiger charge is 2.42. The smallest absolute Gasteiger partial charge is 0.253 e. The van der Waals surface area contributed by atoms with E-state index >= 15 is 0 Å². The van der Waals surface area contributed by atoms with Gasteiger partial charge in [0.15, 0.2) is 0 Å². The third-order valence-electron chi connectivity index (χ3n) is 5.57. The van der Waals surface area contributed by atoms with Crippen LogP contribution in [0.15, 0.2) is 67.3 Å². The summed E-state index contributed by atoms with van der Waals surface area (Å²) in [7, 11) is 0. The highest BCUT2D eigenvalue weighted by atomic mass is 16.7. The zero-order valence-electron chi connectivity index (χ0n) is 16.0. The number of likely N-dealkylation sites (tertiary alicyclic amines) is 1. The molecule has 2 aliphatic heterocycles. The molecule has 0 unspecified atom stereocenters. The lowest BCUT2D eigenvalue weighted by atomic mass is 9.99. The van der Waals surface area contributed by atoms with Gasteiger partial charge in [0.05, 0.1) is 6.61 Å². The lowest BCUT2D eigenvalue weighted by Gasteiger charge is -2.44. The van der Waals surface area contributed by atoms with E-state index in [0.29, 0.717) is 32.5 Å². The number of piperidine rings is 1. The Kier molecular flexibility index (Phi) is 4.48. The molecular formula is C23H21N3O3. The van der Waals surface area contributed by atoms with Crippen molar-refractivity contribution < 1.29 is 14.3 Å². The first-order valence-electron chi connectivity index (χ1n) is 9.78. The molecule has 1 spiro atoms. The van der Waals surface area contributed by atoms with Crippen molar-refractivity contribution in [3.8, 4) is 16.9 Å². The molecule has 1 aromatic heterocycles. The first kappa shape index (κ1) is 17.8. The minimum Gasteiger partial charge on any atom is -0.462 e. The SMILES string of the molecule is O=C(c1ccccc1)N1CCC2(CC1)OCc1cc(-c3cncnc3)ccc1O2. The number of carbonyl (C=O) groups is 1. The van der Waals surface area contributed by atoms with Gasteiger partial charge in [-0.25, -0.2) is 9.97 Å². The summed E-state index contributed by atoms with van der Waals surface area (Å²) < 4.78 is 12.5. The number of aromatic nitrogens is 2. The zero-order valence-corrected chi connectivity index (χ0v) is 16.0. The molecule has 3 heterocycles. The second-order valence-corrected chi connectivity index (χ2v) is 7.41. The molecule has 6 heteroatoms. The maximum Gasteiger partial charge on any atom is 0.253 e. The molecule has 0 aliphatic carbocycles. The molecular weight excluding hydrogens is 366 g/mol. The molecule has 2 aromatic carbocycles. The van der Waals surface area contributed by atoms with Crippen LogP contribution in [0.25, 0.3) is 11.1 Å².